The van der Waals surface area contributed by atoms with E-state index in [0.717, 1.165) is 30.4 Å². The second-order valence-electron chi connectivity index (χ2n) is 7.01. The number of hydrogen-bond acceptors (Lipinski definition) is 4. The minimum atomic E-state index is 0.0466. The molecule has 1 aliphatic carbocycles. The van der Waals surface area contributed by atoms with Gasteiger partial charge in [0, 0.05) is 12.5 Å². The second-order valence-corrected chi connectivity index (χ2v) is 7.01. The van der Waals surface area contributed by atoms with E-state index >= 15 is 0 Å². The van der Waals surface area contributed by atoms with Crippen LogP contribution in [0.15, 0.2) is 48.5 Å². The molecule has 0 saturated heterocycles. The standard InChI is InChI=1S/C22H28N2O3/c1-26-21-12-17(14-24-22(25)19-9-5-8-18(19)13-23)10-11-20(21)27-15-16-6-3-2-4-7-16/h2-4,6-7,10-12,18-19H,5,8-9,13-15,23H2,1H3,(H,24,25)/t18-,19-/m1/s1. The Kier molecular flexibility index (Phi) is 6.71. The summed E-state index contributed by atoms with van der Waals surface area (Å²) in [5, 5.41) is 3.04. The summed E-state index contributed by atoms with van der Waals surface area (Å²) in [6.45, 7) is 1.54. The van der Waals surface area contributed by atoms with Crippen LogP contribution in [0.2, 0.25) is 0 Å². The molecule has 0 spiro atoms. The Labute approximate surface area is 160 Å². The maximum absolute atomic E-state index is 12.4. The normalized spacial score (nSPS) is 18.9. The first-order chi connectivity index (χ1) is 13.2. The Bertz CT molecular complexity index is 748. The van der Waals surface area contributed by atoms with Crippen LogP contribution in [0.25, 0.3) is 0 Å². The number of carbonyl (C=O) groups is 1. The SMILES string of the molecule is COc1cc(CNC(=O)[C@@H]2CCC[C@@H]2CN)ccc1OCc1ccccc1. The largest absolute Gasteiger partial charge is 0.493 e. The highest BCUT2D eigenvalue weighted by atomic mass is 16.5. The molecule has 0 unspecified atom stereocenters. The van der Waals surface area contributed by atoms with Crippen molar-refractivity contribution in [2.75, 3.05) is 13.7 Å². The molecule has 1 aliphatic rings. The fourth-order valence-corrected chi connectivity index (χ4v) is 3.66. The fourth-order valence-electron chi connectivity index (χ4n) is 3.66. The quantitative estimate of drug-likeness (QED) is 0.750. The molecule has 0 radical (unpaired) electrons. The van der Waals surface area contributed by atoms with Crippen LogP contribution in [0.3, 0.4) is 0 Å². The minimum Gasteiger partial charge on any atom is -0.493 e. The van der Waals surface area contributed by atoms with Crippen molar-refractivity contribution in [3.63, 3.8) is 0 Å². The molecule has 2 aromatic rings. The first-order valence-electron chi connectivity index (χ1n) is 9.52. The van der Waals surface area contributed by atoms with Gasteiger partial charge in [0.05, 0.1) is 7.11 Å². The summed E-state index contributed by atoms with van der Waals surface area (Å²) in [6.07, 6.45) is 3.07. The maximum Gasteiger partial charge on any atom is 0.223 e. The lowest BCUT2D eigenvalue weighted by Gasteiger charge is -2.18. The van der Waals surface area contributed by atoms with Gasteiger partial charge in [-0.15, -0.1) is 0 Å². The predicted octanol–water partition coefficient (Wildman–Crippen LogP) is 3.27. The third-order valence-corrected chi connectivity index (χ3v) is 5.23. The van der Waals surface area contributed by atoms with Crippen LogP contribution >= 0.6 is 0 Å². The van der Waals surface area contributed by atoms with Crippen molar-refractivity contribution in [1.29, 1.82) is 0 Å². The summed E-state index contributed by atoms with van der Waals surface area (Å²) in [7, 11) is 1.62. The van der Waals surface area contributed by atoms with Crippen molar-refractivity contribution in [3.05, 3.63) is 59.7 Å². The fraction of sp³-hybridized carbons (Fsp3) is 0.409. The van der Waals surface area contributed by atoms with Crippen molar-refractivity contribution < 1.29 is 14.3 Å². The van der Waals surface area contributed by atoms with E-state index in [-0.39, 0.29) is 11.8 Å². The molecule has 5 nitrogen and oxygen atoms in total. The van der Waals surface area contributed by atoms with E-state index in [4.69, 9.17) is 15.2 Å². The number of carbonyl (C=O) groups excluding carboxylic acids is 1. The molecular formula is C22H28N2O3. The van der Waals surface area contributed by atoms with Crippen LogP contribution in [0.1, 0.15) is 30.4 Å². The van der Waals surface area contributed by atoms with Crippen molar-refractivity contribution in [3.8, 4) is 11.5 Å². The lowest BCUT2D eigenvalue weighted by Crippen LogP contribution is -2.34. The molecule has 3 rings (SSSR count). The predicted molar refractivity (Wildman–Crippen MR) is 106 cm³/mol. The Morgan fingerprint density at radius 3 is 2.67 bits per heavy atom. The monoisotopic (exact) mass is 368 g/mol. The molecule has 144 valence electrons. The molecule has 0 aliphatic heterocycles. The van der Waals surface area contributed by atoms with Gasteiger partial charge in [-0.1, -0.05) is 42.8 Å². The summed E-state index contributed by atoms with van der Waals surface area (Å²) in [6, 6.07) is 15.8. The molecule has 0 bridgehead atoms. The van der Waals surface area contributed by atoms with Gasteiger partial charge in [0.2, 0.25) is 5.91 Å². The molecule has 0 heterocycles. The Morgan fingerprint density at radius 1 is 1.11 bits per heavy atom. The van der Waals surface area contributed by atoms with Gasteiger partial charge in [-0.05, 0) is 48.6 Å². The summed E-state index contributed by atoms with van der Waals surface area (Å²) >= 11 is 0. The van der Waals surface area contributed by atoms with E-state index in [0.29, 0.717) is 37.1 Å². The van der Waals surface area contributed by atoms with Crippen molar-refractivity contribution in [2.24, 2.45) is 17.6 Å². The molecule has 27 heavy (non-hydrogen) atoms. The van der Waals surface area contributed by atoms with Gasteiger partial charge < -0.3 is 20.5 Å². The highest BCUT2D eigenvalue weighted by Crippen LogP contribution is 2.31. The number of ether oxygens (including phenoxy) is 2. The first kappa shape index (κ1) is 19.2. The molecule has 1 fully saturated rings. The van der Waals surface area contributed by atoms with Gasteiger partial charge in [-0.25, -0.2) is 0 Å². The lowest BCUT2D eigenvalue weighted by atomic mass is 9.95. The zero-order valence-electron chi connectivity index (χ0n) is 15.8. The van der Waals surface area contributed by atoms with Gasteiger partial charge in [0.25, 0.3) is 0 Å². The van der Waals surface area contributed by atoms with Crippen LogP contribution < -0.4 is 20.5 Å². The number of nitrogens with two attached hydrogens (primary N) is 1. The summed E-state index contributed by atoms with van der Waals surface area (Å²) in [5.74, 6) is 1.82. The van der Waals surface area contributed by atoms with E-state index in [1.807, 2.05) is 48.5 Å². The van der Waals surface area contributed by atoms with Gasteiger partial charge in [0.1, 0.15) is 6.61 Å². The van der Waals surface area contributed by atoms with Crippen LogP contribution in [0.5, 0.6) is 11.5 Å². The van der Waals surface area contributed by atoms with Crippen molar-refractivity contribution >= 4 is 5.91 Å². The zero-order chi connectivity index (χ0) is 19.1. The lowest BCUT2D eigenvalue weighted by molar-refractivity contribution is -0.126. The van der Waals surface area contributed by atoms with Gasteiger partial charge >= 0.3 is 0 Å². The smallest absolute Gasteiger partial charge is 0.223 e. The van der Waals surface area contributed by atoms with Gasteiger partial charge in [-0.2, -0.15) is 0 Å². The van der Waals surface area contributed by atoms with Crippen molar-refractivity contribution in [1.82, 2.24) is 5.32 Å². The summed E-state index contributed by atoms with van der Waals surface area (Å²) < 4.78 is 11.3. The van der Waals surface area contributed by atoms with Crippen LogP contribution in [0, 0.1) is 11.8 Å². The number of rotatable bonds is 8. The molecule has 2 aromatic carbocycles. The number of nitrogens with one attached hydrogen (secondary N) is 1. The number of hydrogen-bond donors (Lipinski definition) is 2. The average Bonchev–Trinajstić information content (AvgIpc) is 3.20. The van der Waals surface area contributed by atoms with Gasteiger partial charge in [-0.3, -0.25) is 4.79 Å². The summed E-state index contributed by atoms with van der Waals surface area (Å²) in [4.78, 5) is 12.4. The number of benzene rings is 2. The Balaban J connectivity index is 1.58. The third kappa shape index (κ3) is 5.01. The van der Waals surface area contributed by atoms with Crippen LogP contribution in [-0.2, 0) is 17.9 Å². The summed E-state index contributed by atoms with van der Waals surface area (Å²) in [5.41, 5.74) is 7.86. The number of methoxy groups -OCH3 is 1. The highest BCUT2D eigenvalue weighted by Gasteiger charge is 2.31. The second kappa shape index (κ2) is 9.42. The molecule has 3 N–H and O–H groups in total. The average molecular weight is 368 g/mol. The van der Waals surface area contributed by atoms with Gasteiger partial charge in [0.15, 0.2) is 11.5 Å². The Morgan fingerprint density at radius 2 is 1.93 bits per heavy atom. The van der Waals surface area contributed by atoms with E-state index in [1.165, 1.54) is 0 Å². The molecule has 2 atom stereocenters. The Hall–Kier alpha value is -2.53. The first-order valence-corrected chi connectivity index (χ1v) is 9.52. The molecule has 5 heteroatoms. The molecular weight excluding hydrogens is 340 g/mol. The third-order valence-electron chi connectivity index (χ3n) is 5.23. The maximum atomic E-state index is 12.4. The van der Waals surface area contributed by atoms with E-state index in [1.54, 1.807) is 7.11 Å². The number of amides is 1. The minimum absolute atomic E-state index is 0.0466. The van der Waals surface area contributed by atoms with E-state index < -0.39 is 0 Å². The van der Waals surface area contributed by atoms with E-state index in [9.17, 15) is 4.79 Å². The molecule has 1 saturated carbocycles. The van der Waals surface area contributed by atoms with E-state index in [2.05, 4.69) is 5.32 Å². The van der Waals surface area contributed by atoms with Crippen molar-refractivity contribution in [2.45, 2.75) is 32.4 Å². The molecule has 0 aromatic heterocycles. The topological polar surface area (TPSA) is 73.6 Å². The van der Waals surface area contributed by atoms with Crippen LogP contribution in [-0.4, -0.2) is 19.6 Å². The zero-order valence-corrected chi connectivity index (χ0v) is 15.8. The highest BCUT2D eigenvalue weighted by molar-refractivity contribution is 5.79. The molecule has 1 amide bonds. The van der Waals surface area contributed by atoms with Crippen LogP contribution in [0.4, 0.5) is 0 Å².